The van der Waals surface area contributed by atoms with Gasteiger partial charge in [-0.2, -0.15) is 0 Å². The largest absolute Gasteiger partial charge is 0.493 e. The Hall–Kier alpha value is -1.46. The highest BCUT2D eigenvalue weighted by molar-refractivity contribution is 6.32. The predicted octanol–water partition coefficient (Wildman–Crippen LogP) is 1.81. The van der Waals surface area contributed by atoms with Gasteiger partial charge in [0.05, 0.1) is 25.8 Å². The Kier molecular flexibility index (Phi) is 4.17. The highest BCUT2D eigenvalue weighted by Crippen LogP contribution is 2.38. The van der Waals surface area contributed by atoms with Crippen LogP contribution in [0.3, 0.4) is 0 Å². The van der Waals surface area contributed by atoms with Crippen LogP contribution < -0.4 is 14.8 Å². The van der Waals surface area contributed by atoms with Crippen molar-refractivity contribution in [3.05, 3.63) is 22.7 Å². The van der Waals surface area contributed by atoms with Crippen LogP contribution in [0.25, 0.3) is 0 Å². The summed E-state index contributed by atoms with van der Waals surface area (Å²) >= 11 is 6.18. The molecule has 0 aliphatic carbocycles. The van der Waals surface area contributed by atoms with Crippen molar-refractivity contribution in [2.75, 3.05) is 27.3 Å². The standard InChI is InChI=1S/C13H17ClN2O3/c1-4-16-7-11(17)15-13(16)8-5-9(14)12(19-3)10(6-8)18-2/h5-6,13H,4,7H2,1-3H3,(H,15,17). The smallest absolute Gasteiger partial charge is 0.235 e. The zero-order chi connectivity index (χ0) is 14.0. The van der Waals surface area contributed by atoms with Crippen molar-refractivity contribution in [3.63, 3.8) is 0 Å². The van der Waals surface area contributed by atoms with E-state index < -0.39 is 0 Å². The lowest BCUT2D eigenvalue weighted by Crippen LogP contribution is -2.27. The maximum atomic E-state index is 11.5. The van der Waals surface area contributed by atoms with E-state index >= 15 is 0 Å². The first-order valence-corrected chi connectivity index (χ1v) is 6.43. The molecule has 1 heterocycles. The molecule has 104 valence electrons. The lowest BCUT2D eigenvalue weighted by molar-refractivity contribution is -0.118. The molecule has 1 atom stereocenters. The fourth-order valence-corrected chi connectivity index (χ4v) is 2.55. The van der Waals surface area contributed by atoms with Crippen LogP contribution in [-0.2, 0) is 4.79 Å². The topological polar surface area (TPSA) is 50.8 Å². The molecule has 1 unspecified atom stereocenters. The third kappa shape index (κ3) is 2.62. The fourth-order valence-electron chi connectivity index (χ4n) is 2.25. The Labute approximate surface area is 117 Å². The van der Waals surface area contributed by atoms with Gasteiger partial charge in [0.15, 0.2) is 11.5 Å². The number of hydrogen-bond donors (Lipinski definition) is 1. The number of halogens is 1. The molecule has 0 spiro atoms. The third-order valence-electron chi connectivity index (χ3n) is 3.19. The minimum Gasteiger partial charge on any atom is -0.493 e. The van der Waals surface area contributed by atoms with E-state index in [0.717, 1.165) is 12.1 Å². The molecule has 1 fully saturated rings. The Bertz CT molecular complexity index is 493. The van der Waals surface area contributed by atoms with E-state index in [9.17, 15) is 4.79 Å². The van der Waals surface area contributed by atoms with Crippen molar-refractivity contribution < 1.29 is 14.3 Å². The predicted molar refractivity (Wildman–Crippen MR) is 72.7 cm³/mol. The molecule has 0 radical (unpaired) electrons. The summed E-state index contributed by atoms with van der Waals surface area (Å²) in [6.07, 6.45) is -0.171. The molecule has 0 bridgehead atoms. The number of nitrogens with zero attached hydrogens (tertiary/aromatic N) is 1. The van der Waals surface area contributed by atoms with Crippen LogP contribution in [0.15, 0.2) is 12.1 Å². The molecule has 19 heavy (non-hydrogen) atoms. The maximum absolute atomic E-state index is 11.5. The lowest BCUT2D eigenvalue weighted by Gasteiger charge is -2.23. The highest BCUT2D eigenvalue weighted by atomic mass is 35.5. The highest BCUT2D eigenvalue weighted by Gasteiger charge is 2.30. The van der Waals surface area contributed by atoms with Crippen molar-refractivity contribution in [2.45, 2.75) is 13.1 Å². The van der Waals surface area contributed by atoms with Gasteiger partial charge in [-0.3, -0.25) is 9.69 Å². The molecule has 1 aliphatic rings. The summed E-state index contributed by atoms with van der Waals surface area (Å²) < 4.78 is 10.5. The molecule has 6 heteroatoms. The molecule has 0 aromatic heterocycles. The number of benzene rings is 1. The van der Waals surface area contributed by atoms with Crippen molar-refractivity contribution in [1.82, 2.24) is 10.2 Å². The molecule has 1 aromatic carbocycles. The van der Waals surface area contributed by atoms with Crippen LogP contribution in [0.5, 0.6) is 11.5 Å². The molecule has 0 saturated carbocycles. The second kappa shape index (κ2) is 5.67. The van der Waals surface area contributed by atoms with Crippen LogP contribution in [0.1, 0.15) is 18.7 Å². The van der Waals surface area contributed by atoms with Crippen molar-refractivity contribution in [1.29, 1.82) is 0 Å². The monoisotopic (exact) mass is 284 g/mol. The van der Waals surface area contributed by atoms with E-state index in [1.165, 1.54) is 0 Å². The quantitative estimate of drug-likeness (QED) is 0.916. The van der Waals surface area contributed by atoms with E-state index in [2.05, 4.69) is 5.32 Å². The lowest BCUT2D eigenvalue weighted by atomic mass is 10.1. The molecule has 1 aliphatic heterocycles. The van der Waals surface area contributed by atoms with Gasteiger partial charge in [0.2, 0.25) is 5.91 Å². The number of carbonyl (C=O) groups is 1. The Morgan fingerprint density at radius 2 is 2.16 bits per heavy atom. The van der Waals surface area contributed by atoms with Crippen LogP contribution in [-0.4, -0.2) is 38.1 Å². The Morgan fingerprint density at radius 3 is 2.74 bits per heavy atom. The summed E-state index contributed by atoms with van der Waals surface area (Å²) in [4.78, 5) is 13.5. The van der Waals surface area contributed by atoms with Gasteiger partial charge in [0.1, 0.15) is 6.17 Å². The maximum Gasteiger partial charge on any atom is 0.235 e. The van der Waals surface area contributed by atoms with Gasteiger partial charge in [-0.1, -0.05) is 18.5 Å². The van der Waals surface area contributed by atoms with Crippen molar-refractivity contribution in [3.8, 4) is 11.5 Å². The van der Waals surface area contributed by atoms with Gasteiger partial charge in [0, 0.05) is 0 Å². The summed E-state index contributed by atoms with van der Waals surface area (Å²) in [6.45, 7) is 3.18. The number of hydrogen-bond acceptors (Lipinski definition) is 4. The summed E-state index contributed by atoms with van der Waals surface area (Å²) in [6, 6.07) is 3.63. The zero-order valence-corrected chi connectivity index (χ0v) is 12.0. The Balaban J connectivity index is 2.40. The first kappa shape index (κ1) is 14.0. The normalized spacial score (nSPS) is 19.4. The van der Waals surface area contributed by atoms with E-state index in [0.29, 0.717) is 23.1 Å². The minimum atomic E-state index is -0.171. The van der Waals surface area contributed by atoms with E-state index in [1.807, 2.05) is 17.9 Å². The summed E-state index contributed by atoms with van der Waals surface area (Å²) in [5, 5.41) is 3.39. The first-order valence-electron chi connectivity index (χ1n) is 6.05. The van der Waals surface area contributed by atoms with Crippen LogP contribution in [0.4, 0.5) is 0 Å². The average Bonchev–Trinajstić information content (AvgIpc) is 2.78. The number of amides is 1. The second-order valence-corrected chi connectivity index (χ2v) is 4.68. The number of rotatable bonds is 4. The molecule has 1 saturated heterocycles. The number of likely N-dealkylation sites (N-methyl/N-ethyl adjacent to an activating group) is 1. The van der Waals surface area contributed by atoms with E-state index in [1.54, 1.807) is 20.3 Å². The molecule has 1 aromatic rings. The van der Waals surface area contributed by atoms with Gasteiger partial charge in [0.25, 0.3) is 0 Å². The second-order valence-electron chi connectivity index (χ2n) is 4.27. The van der Waals surface area contributed by atoms with Crippen LogP contribution >= 0.6 is 11.6 Å². The average molecular weight is 285 g/mol. The van der Waals surface area contributed by atoms with Crippen LogP contribution in [0.2, 0.25) is 5.02 Å². The van der Waals surface area contributed by atoms with Crippen molar-refractivity contribution >= 4 is 17.5 Å². The van der Waals surface area contributed by atoms with E-state index in [-0.39, 0.29) is 12.1 Å². The van der Waals surface area contributed by atoms with Crippen LogP contribution in [0, 0.1) is 0 Å². The van der Waals surface area contributed by atoms with Gasteiger partial charge in [-0.05, 0) is 24.2 Å². The number of methoxy groups -OCH3 is 2. The number of carbonyl (C=O) groups excluding carboxylic acids is 1. The molecule has 2 rings (SSSR count). The SMILES string of the molecule is CCN1CC(=O)NC1c1cc(Cl)c(OC)c(OC)c1. The summed E-state index contributed by atoms with van der Waals surface area (Å²) in [5.74, 6) is 1.07. The van der Waals surface area contributed by atoms with E-state index in [4.69, 9.17) is 21.1 Å². The van der Waals surface area contributed by atoms with Gasteiger partial charge >= 0.3 is 0 Å². The number of ether oxygens (including phenoxy) is 2. The zero-order valence-electron chi connectivity index (χ0n) is 11.2. The van der Waals surface area contributed by atoms with Gasteiger partial charge in [-0.15, -0.1) is 0 Å². The summed E-state index contributed by atoms with van der Waals surface area (Å²) in [7, 11) is 3.10. The summed E-state index contributed by atoms with van der Waals surface area (Å²) in [5.41, 5.74) is 0.885. The fraction of sp³-hybridized carbons (Fsp3) is 0.462. The molecular weight excluding hydrogens is 268 g/mol. The molecule has 5 nitrogen and oxygen atoms in total. The minimum absolute atomic E-state index is 0.0118. The molecular formula is C13H17ClN2O3. The van der Waals surface area contributed by atoms with Gasteiger partial charge < -0.3 is 14.8 Å². The first-order chi connectivity index (χ1) is 9.10. The molecule has 1 amide bonds. The molecule has 1 N–H and O–H groups in total. The third-order valence-corrected chi connectivity index (χ3v) is 3.47. The Morgan fingerprint density at radius 1 is 1.42 bits per heavy atom. The van der Waals surface area contributed by atoms with Crippen molar-refractivity contribution in [2.24, 2.45) is 0 Å². The number of nitrogens with one attached hydrogen (secondary N) is 1. The van der Waals surface area contributed by atoms with Gasteiger partial charge in [-0.25, -0.2) is 0 Å².